The molecule has 0 radical (unpaired) electrons. The normalized spacial score (nSPS) is 27.5. The monoisotopic (exact) mass is 1370 g/mol. The lowest BCUT2D eigenvalue weighted by Gasteiger charge is -2.42. The SMILES string of the molecule is CC(=O)NC1C(OCCOCCNC(=O)CN(CCCCCCOP([O-])(=S)OC(C)(C)C)CCCN(CC(=O)NCCOCCOC2OC(CO)C(O)C(O)C2NC(C)=O)CC(=O)NCCOCCOC2OC(CO)C(O)C(O)C2NC(C)=O)OC(CO)C(O)C1O. The molecule has 16 atom stereocenters. The van der Waals surface area contributed by atoms with Gasteiger partial charge in [-0.3, -0.25) is 38.6 Å². The van der Waals surface area contributed by atoms with Gasteiger partial charge in [0, 0.05) is 47.0 Å². The van der Waals surface area contributed by atoms with E-state index in [2.05, 4.69) is 31.9 Å². The van der Waals surface area contributed by atoms with Gasteiger partial charge in [0.05, 0.1) is 111 Å². The average Bonchev–Trinajstić information content (AvgIpc) is 0.861. The second kappa shape index (κ2) is 44.4. The van der Waals surface area contributed by atoms with Crippen molar-refractivity contribution in [3.05, 3.63) is 0 Å². The van der Waals surface area contributed by atoms with Crippen molar-refractivity contribution in [3.63, 3.8) is 0 Å². The molecule has 15 N–H and O–H groups in total. The van der Waals surface area contributed by atoms with Crippen molar-refractivity contribution in [3.8, 4) is 0 Å². The lowest BCUT2D eigenvalue weighted by molar-refractivity contribution is -0.272. The molecule has 0 aliphatic carbocycles. The van der Waals surface area contributed by atoms with Crippen LogP contribution < -0.4 is 36.8 Å². The molecule has 3 rings (SSSR count). The largest absolute Gasteiger partial charge is 0.780 e. The van der Waals surface area contributed by atoms with Crippen molar-refractivity contribution in [2.45, 2.75) is 171 Å². The van der Waals surface area contributed by atoms with Gasteiger partial charge in [-0.25, -0.2) is 0 Å². The molecule has 3 aliphatic heterocycles. The summed E-state index contributed by atoms with van der Waals surface area (Å²) in [6.45, 7) is 3.89. The van der Waals surface area contributed by atoms with Crippen LogP contribution in [0.2, 0.25) is 0 Å². The van der Waals surface area contributed by atoms with E-state index in [0.29, 0.717) is 45.2 Å². The Hall–Kier alpha value is -3.45. The van der Waals surface area contributed by atoms with Crippen molar-refractivity contribution in [1.82, 2.24) is 41.7 Å². The number of unbranched alkanes of at least 4 members (excludes halogenated alkanes) is 3. The van der Waals surface area contributed by atoms with Gasteiger partial charge in [-0.1, -0.05) is 24.6 Å². The number of carbonyl (C=O) groups excluding carboxylic acids is 6. The summed E-state index contributed by atoms with van der Waals surface area (Å²) in [5.74, 6) is -2.79. The van der Waals surface area contributed by atoms with Gasteiger partial charge < -0.3 is 134 Å². The van der Waals surface area contributed by atoms with E-state index in [9.17, 15) is 79.6 Å². The van der Waals surface area contributed by atoms with Crippen molar-refractivity contribution in [1.29, 1.82) is 0 Å². The Bertz CT molecular complexity index is 2130. The van der Waals surface area contributed by atoms with E-state index in [1.165, 1.54) is 20.8 Å². The molecule has 0 saturated carbocycles. The maximum Gasteiger partial charge on any atom is 0.234 e. The number of hydrogen-bond donors (Lipinski definition) is 15. The number of ether oxygens (including phenoxy) is 9. The maximum atomic E-state index is 13.4. The first-order valence-corrected chi connectivity index (χ1v) is 33.3. The van der Waals surface area contributed by atoms with E-state index < -0.39 is 154 Å². The van der Waals surface area contributed by atoms with Crippen LogP contribution in [0.4, 0.5) is 0 Å². The molecule has 536 valence electrons. The Kier molecular flexibility index (Phi) is 39.9. The lowest BCUT2D eigenvalue weighted by atomic mass is 9.97. The summed E-state index contributed by atoms with van der Waals surface area (Å²) >= 11 is 5.03. The van der Waals surface area contributed by atoms with E-state index in [4.69, 9.17) is 63.5 Å². The summed E-state index contributed by atoms with van der Waals surface area (Å²) < 4.78 is 61.3. The van der Waals surface area contributed by atoms with Gasteiger partial charge in [0.2, 0.25) is 35.4 Å². The number of aliphatic hydroxyl groups is 9. The minimum Gasteiger partial charge on any atom is -0.780 e. The molecule has 0 spiro atoms. The van der Waals surface area contributed by atoms with Gasteiger partial charge in [0.25, 0.3) is 0 Å². The smallest absolute Gasteiger partial charge is 0.234 e. The van der Waals surface area contributed by atoms with Crippen molar-refractivity contribution in [2.75, 3.05) is 145 Å². The first kappa shape index (κ1) is 82.8. The summed E-state index contributed by atoms with van der Waals surface area (Å²) in [6.07, 6.45) is -13.2. The fourth-order valence-corrected chi connectivity index (χ4v) is 11.7. The molecule has 37 heteroatoms. The Balaban J connectivity index is 1.60. The molecule has 3 saturated heterocycles. The van der Waals surface area contributed by atoms with Crippen LogP contribution in [-0.4, -0.2) is 334 Å². The number of aliphatic hydroxyl groups excluding tert-OH is 9. The van der Waals surface area contributed by atoms with Crippen LogP contribution >= 0.6 is 6.72 Å². The fraction of sp³-hybridized carbons (Fsp3) is 0.891. The molecule has 0 bridgehead atoms. The molecule has 0 aromatic rings. The highest BCUT2D eigenvalue weighted by Crippen LogP contribution is 2.43. The zero-order chi connectivity index (χ0) is 68.4. The molecule has 35 nitrogen and oxygen atoms in total. The predicted molar refractivity (Wildman–Crippen MR) is 322 cm³/mol. The zero-order valence-electron chi connectivity index (χ0n) is 53.4. The summed E-state index contributed by atoms with van der Waals surface area (Å²) in [5.41, 5.74) is -0.756. The topological polar surface area (TPSA) is 488 Å². The quantitative estimate of drug-likeness (QED) is 0.0199. The summed E-state index contributed by atoms with van der Waals surface area (Å²) in [5, 5.41) is 107. The van der Waals surface area contributed by atoms with Gasteiger partial charge in [0.1, 0.15) is 79.8 Å². The minimum absolute atomic E-state index is 0.0107. The molecule has 0 aromatic carbocycles. The Morgan fingerprint density at radius 3 is 1.13 bits per heavy atom. The first-order valence-electron chi connectivity index (χ1n) is 30.8. The fourth-order valence-electron chi connectivity index (χ4n) is 9.71. The van der Waals surface area contributed by atoms with Crippen LogP contribution in [0, 0.1) is 0 Å². The number of carbonyl (C=O) groups is 6. The van der Waals surface area contributed by atoms with Crippen molar-refractivity contribution in [2.24, 2.45) is 0 Å². The lowest BCUT2D eigenvalue weighted by Crippen LogP contribution is -2.64. The molecular formula is C55H102N8O27PS-. The third kappa shape index (κ3) is 32.5. The van der Waals surface area contributed by atoms with E-state index in [1.54, 1.807) is 25.7 Å². The van der Waals surface area contributed by atoms with Crippen LogP contribution in [0.5, 0.6) is 0 Å². The molecule has 16 unspecified atom stereocenters. The van der Waals surface area contributed by atoms with E-state index in [1.807, 2.05) is 4.90 Å². The molecule has 3 fully saturated rings. The molecule has 6 amide bonds. The highest BCUT2D eigenvalue weighted by Gasteiger charge is 2.48. The number of hydrogen-bond acceptors (Lipinski definition) is 30. The Morgan fingerprint density at radius 2 is 0.793 bits per heavy atom. The Labute approximate surface area is 541 Å². The third-order valence-corrected chi connectivity index (χ3v) is 15.9. The molecular weight excluding hydrogens is 1270 g/mol. The van der Waals surface area contributed by atoms with Gasteiger partial charge in [0.15, 0.2) is 18.9 Å². The molecule has 3 heterocycles. The van der Waals surface area contributed by atoms with E-state index in [-0.39, 0.29) is 118 Å². The second-order valence-corrected chi connectivity index (χ2v) is 25.7. The van der Waals surface area contributed by atoms with Crippen molar-refractivity contribution >= 4 is 54.0 Å². The highest BCUT2D eigenvalue weighted by molar-refractivity contribution is 8.06. The molecule has 92 heavy (non-hydrogen) atoms. The van der Waals surface area contributed by atoms with Crippen LogP contribution in [0.25, 0.3) is 0 Å². The van der Waals surface area contributed by atoms with Gasteiger partial charge in [-0.15, -0.1) is 0 Å². The third-order valence-electron chi connectivity index (χ3n) is 14.0. The summed E-state index contributed by atoms with van der Waals surface area (Å²) in [4.78, 5) is 91.7. The van der Waals surface area contributed by atoms with Gasteiger partial charge in [-0.05, 0) is 53.1 Å². The van der Waals surface area contributed by atoms with Gasteiger partial charge >= 0.3 is 0 Å². The van der Waals surface area contributed by atoms with Crippen LogP contribution in [0.15, 0.2) is 0 Å². The number of nitrogens with zero attached hydrogens (tertiary/aromatic N) is 2. The zero-order valence-corrected chi connectivity index (χ0v) is 55.1. The average molecular weight is 1370 g/mol. The van der Waals surface area contributed by atoms with Crippen LogP contribution in [0.1, 0.15) is 73.6 Å². The highest BCUT2D eigenvalue weighted by atomic mass is 32.5. The van der Waals surface area contributed by atoms with E-state index >= 15 is 0 Å². The number of rotatable bonds is 46. The predicted octanol–water partition coefficient (Wildman–Crippen LogP) is -7.76. The summed E-state index contributed by atoms with van der Waals surface area (Å²) in [6, 6.07) is -3.42. The van der Waals surface area contributed by atoms with Crippen LogP contribution in [0.3, 0.4) is 0 Å². The molecule has 0 aromatic heterocycles. The van der Waals surface area contributed by atoms with E-state index in [0.717, 1.165) is 0 Å². The number of nitrogens with one attached hydrogen (secondary N) is 6. The van der Waals surface area contributed by atoms with Crippen LogP contribution in [-0.2, 0) is 92.3 Å². The minimum atomic E-state index is -3.69. The molecule has 3 aliphatic rings. The Morgan fingerprint density at radius 1 is 0.467 bits per heavy atom. The second-order valence-electron chi connectivity index (χ2n) is 23.0. The van der Waals surface area contributed by atoms with Gasteiger partial charge in [-0.2, -0.15) is 0 Å². The first-order chi connectivity index (χ1) is 43.6. The maximum absolute atomic E-state index is 13.4. The number of amides is 6. The van der Waals surface area contributed by atoms with Crippen molar-refractivity contribution < 1.29 is 131 Å². The standard InChI is InChI=1S/C55H103N8O27PS/c1-34(67)59-43-49(76)46(73)37(31-64)87-52(43)83-25-22-80-19-12-56-40(70)28-62(15-9-7-8-10-18-86-91(79,92)90-55(4,5)6)16-11-17-63(29-41(71)57-13-20-81-23-26-84-53-44(60-35(2)68)50(77)47(74)38(32-65)88-53)30-42(72)58-14-21-82-24-27-85-54-45(61-36(3)69)51(78)48(75)39(33-66)89-54/h37-39,43-54,64-66,73-78H,7-33H2,1-6H3,(H,56,70)(H,57,71)(H,58,72)(H,59,67)(H,60,68)(H,61,69)(H,79,92)/p-1. The summed E-state index contributed by atoms with van der Waals surface area (Å²) in [7, 11) is 0.